The summed E-state index contributed by atoms with van der Waals surface area (Å²) in [5.74, 6) is 4.91. The van der Waals surface area contributed by atoms with Gasteiger partial charge in [-0.3, -0.25) is 9.13 Å². The van der Waals surface area contributed by atoms with Crippen molar-refractivity contribution in [2.24, 2.45) is 11.8 Å². The highest BCUT2D eigenvalue weighted by Gasteiger charge is 2.28. The molecule has 0 radical (unpaired) electrons. The number of nitrogens with one attached hydrogen (secondary N) is 3. The molecule has 6 aromatic rings. The van der Waals surface area contributed by atoms with Crippen molar-refractivity contribution < 1.29 is 9.47 Å². The van der Waals surface area contributed by atoms with Crippen LogP contribution in [0.5, 0.6) is 0 Å². The lowest BCUT2D eigenvalue weighted by Crippen LogP contribution is -2.50. The van der Waals surface area contributed by atoms with Crippen molar-refractivity contribution in [3.8, 4) is 22.8 Å². The first kappa shape index (κ1) is 47.8. The van der Waals surface area contributed by atoms with Crippen LogP contribution in [0, 0.1) is 11.8 Å². The molecule has 10 heterocycles. The molecule has 6 aromatic heterocycles. The third-order valence-electron chi connectivity index (χ3n) is 11.6. The van der Waals surface area contributed by atoms with Crippen LogP contribution < -0.4 is 42.1 Å². The third-order valence-corrected chi connectivity index (χ3v) is 11.8. The van der Waals surface area contributed by atoms with Crippen LogP contribution >= 0.6 is 11.6 Å². The SMILES string of the molecule is CC(C)Cn1c(Cl)nc2c(N3CCOCC3)nc(-c3cnc(N)nc3)nc21.CC(C)Cn1c(N2CCN[C@@H](C)C2)nc2c(N3CCOCC3)nc(-c3cnc(N)nc3)nc21.C[C@H]1CNCCN1. The fourth-order valence-corrected chi connectivity index (χ4v) is 8.54. The average Bonchev–Trinajstić information content (AvgIpc) is 3.85. The van der Waals surface area contributed by atoms with E-state index in [2.05, 4.69) is 102 Å². The molecule has 4 aliphatic heterocycles. The van der Waals surface area contributed by atoms with Crippen molar-refractivity contribution in [3.05, 3.63) is 30.1 Å². The molecule has 22 nitrogen and oxygen atoms in total. The summed E-state index contributed by atoms with van der Waals surface area (Å²) in [6.45, 7) is 26.4. The van der Waals surface area contributed by atoms with E-state index >= 15 is 0 Å². The maximum absolute atomic E-state index is 6.44. The summed E-state index contributed by atoms with van der Waals surface area (Å²) in [6, 6.07) is 1.08. The summed E-state index contributed by atoms with van der Waals surface area (Å²) in [5.41, 5.74) is 15.8. The Hall–Kier alpha value is -5.65. The van der Waals surface area contributed by atoms with Crippen molar-refractivity contribution in [1.82, 2.24) is 74.9 Å². The van der Waals surface area contributed by atoms with Gasteiger partial charge in [0.25, 0.3) is 0 Å². The fraction of sp³-hybridized carbons (Fsp3) is 0.591. The standard InChI is InChI=1S/C22H32N10O.C17H21ClN8O.C5H12N2/c1-14(2)12-32-20-17(27-22(32)31-5-4-24-15(3)13-31)19(30-6-8-33-9-7-30)28-18(29-20)16-10-25-21(23)26-11-16;1-10(2)9-26-15-12(22-16(26)18)14(25-3-5-27-6-4-25)23-13(24-15)11-7-20-17(19)21-8-11;1-5-4-6-2-3-7-5/h10-11,14-15,24H,4-9,12-13H2,1-3H3,(H2,23,25,26);7-8,10H,3-6,9H2,1-2H3,(H2,19,20,21);5-7H,2-4H2,1H3/t15-;;5-/m0.0/s1. The topological polar surface area (TPSA) is 255 Å². The first-order valence-electron chi connectivity index (χ1n) is 23.4. The van der Waals surface area contributed by atoms with Crippen LogP contribution in [-0.2, 0) is 22.6 Å². The van der Waals surface area contributed by atoms with Gasteiger partial charge in [0.1, 0.15) is 0 Å². The predicted octanol–water partition coefficient (Wildman–Crippen LogP) is 2.74. The molecule has 0 unspecified atom stereocenters. The normalized spacial score (nSPS) is 19.1. The number of anilines is 5. The van der Waals surface area contributed by atoms with Gasteiger partial charge in [-0.1, -0.05) is 27.7 Å². The number of morpholine rings is 2. The summed E-state index contributed by atoms with van der Waals surface area (Å²) in [7, 11) is 0. The molecule has 10 rings (SSSR count). The van der Waals surface area contributed by atoms with Crippen LogP contribution in [0.25, 0.3) is 45.1 Å². The molecule has 360 valence electrons. The summed E-state index contributed by atoms with van der Waals surface area (Å²) in [5, 5.41) is 10.5. The van der Waals surface area contributed by atoms with Crippen LogP contribution in [0.3, 0.4) is 0 Å². The molecule has 0 aromatic carbocycles. The fourth-order valence-electron chi connectivity index (χ4n) is 8.30. The molecule has 0 bridgehead atoms. The van der Waals surface area contributed by atoms with E-state index < -0.39 is 0 Å². The Balaban J connectivity index is 0.000000161. The van der Waals surface area contributed by atoms with Gasteiger partial charge in [0.15, 0.2) is 45.6 Å². The van der Waals surface area contributed by atoms with Gasteiger partial charge in [-0.05, 0) is 37.3 Å². The Bertz CT molecular complexity index is 2530. The number of piperazine rings is 2. The molecule has 2 atom stereocenters. The number of halogens is 1. The summed E-state index contributed by atoms with van der Waals surface area (Å²) in [4.78, 5) is 52.3. The van der Waals surface area contributed by atoms with Gasteiger partial charge >= 0.3 is 0 Å². The second kappa shape index (κ2) is 22.0. The predicted molar refractivity (Wildman–Crippen MR) is 262 cm³/mol. The van der Waals surface area contributed by atoms with Gasteiger partial charge in [-0.25, -0.2) is 49.8 Å². The highest BCUT2D eigenvalue weighted by atomic mass is 35.5. The Morgan fingerprint density at radius 2 is 1.10 bits per heavy atom. The number of aromatic nitrogens is 12. The van der Waals surface area contributed by atoms with Gasteiger partial charge in [-0.15, -0.1) is 0 Å². The smallest absolute Gasteiger partial charge is 0.219 e. The van der Waals surface area contributed by atoms with Gasteiger partial charge in [0.2, 0.25) is 23.1 Å². The lowest BCUT2D eigenvalue weighted by Gasteiger charge is -2.33. The van der Waals surface area contributed by atoms with Gasteiger partial charge < -0.3 is 51.6 Å². The Morgan fingerprint density at radius 3 is 1.57 bits per heavy atom. The lowest BCUT2D eigenvalue weighted by atomic mass is 10.2. The number of nitrogen functional groups attached to an aromatic ring is 2. The summed E-state index contributed by atoms with van der Waals surface area (Å²) < 4.78 is 15.2. The molecule has 23 heteroatoms. The molecule has 4 aliphatic rings. The van der Waals surface area contributed by atoms with Crippen LogP contribution in [0.2, 0.25) is 5.28 Å². The molecular weight excluding hydrogens is 876 g/mol. The highest BCUT2D eigenvalue weighted by Crippen LogP contribution is 2.33. The number of hydrogen-bond acceptors (Lipinski definition) is 20. The molecule has 0 aliphatic carbocycles. The maximum Gasteiger partial charge on any atom is 0.219 e. The van der Waals surface area contributed by atoms with Crippen molar-refractivity contribution >= 4 is 63.4 Å². The minimum Gasteiger partial charge on any atom is -0.378 e. The van der Waals surface area contributed by atoms with Crippen molar-refractivity contribution in [1.29, 1.82) is 0 Å². The Morgan fingerprint density at radius 1 is 0.612 bits per heavy atom. The molecule has 0 spiro atoms. The number of rotatable bonds is 9. The summed E-state index contributed by atoms with van der Waals surface area (Å²) >= 11 is 6.44. The monoisotopic (exact) mass is 941 g/mol. The zero-order valence-electron chi connectivity index (χ0n) is 39.5. The first-order chi connectivity index (χ1) is 32.4. The minimum absolute atomic E-state index is 0.209. The lowest BCUT2D eigenvalue weighted by molar-refractivity contribution is 0.122. The van der Waals surface area contributed by atoms with Crippen molar-refractivity contribution in [2.45, 2.75) is 66.7 Å². The van der Waals surface area contributed by atoms with E-state index in [0.717, 1.165) is 106 Å². The summed E-state index contributed by atoms with van der Waals surface area (Å²) in [6.07, 6.45) is 6.60. The van der Waals surface area contributed by atoms with E-state index in [1.165, 1.54) is 0 Å². The zero-order valence-corrected chi connectivity index (χ0v) is 40.2. The molecule has 4 saturated heterocycles. The van der Waals surface area contributed by atoms with E-state index in [9.17, 15) is 0 Å². The van der Waals surface area contributed by atoms with Gasteiger partial charge in [0, 0.05) is 115 Å². The first-order valence-corrected chi connectivity index (χ1v) is 23.7. The Labute approximate surface area is 396 Å². The number of imidazole rings is 2. The molecular formula is C44H65ClN20O2. The van der Waals surface area contributed by atoms with E-state index in [0.29, 0.717) is 90.6 Å². The third kappa shape index (κ3) is 11.7. The van der Waals surface area contributed by atoms with Crippen LogP contribution in [0.4, 0.5) is 29.5 Å². The van der Waals surface area contributed by atoms with Gasteiger partial charge in [0.05, 0.1) is 37.6 Å². The number of ether oxygens (including phenoxy) is 2. The molecule has 0 saturated carbocycles. The zero-order chi connectivity index (χ0) is 47.0. The average molecular weight is 942 g/mol. The molecule has 67 heavy (non-hydrogen) atoms. The second-order valence-electron chi connectivity index (χ2n) is 18.1. The number of nitrogens with two attached hydrogens (primary N) is 2. The van der Waals surface area contributed by atoms with Crippen LogP contribution in [0.1, 0.15) is 41.5 Å². The van der Waals surface area contributed by atoms with Crippen molar-refractivity contribution in [3.63, 3.8) is 0 Å². The quantitative estimate of drug-likeness (QED) is 0.131. The number of fused-ring (bicyclic) bond motifs is 2. The van der Waals surface area contributed by atoms with Crippen LogP contribution in [-0.4, -0.2) is 163 Å². The maximum atomic E-state index is 6.44. The minimum atomic E-state index is 0.209. The number of hydrogen-bond donors (Lipinski definition) is 5. The second-order valence-corrected chi connectivity index (χ2v) is 18.4. The molecule has 4 fully saturated rings. The Kier molecular flexibility index (Phi) is 15.7. The largest absolute Gasteiger partial charge is 0.378 e. The van der Waals surface area contributed by atoms with E-state index in [-0.39, 0.29) is 11.9 Å². The van der Waals surface area contributed by atoms with E-state index in [4.69, 9.17) is 57.5 Å². The van der Waals surface area contributed by atoms with Gasteiger partial charge in [-0.2, -0.15) is 0 Å². The number of nitrogens with zero attached hydrogens (tertiary/aromatic N) is 15. The van der Waals surface area contributed by atoms with Crippen molar-refractivity contribution in [2.75, 3.05) is 118 Å². The molecule has 7 N–H and O–H groups in total. The highest BCUT2D eigenvalue weighted by molar-refractivity contribution is 6.29. The van der Waals surface area contributed by atoms with E-state index in [1.807, 2.05) is 4.57 Å². The van der Waals surface area contributed by atoms with Crippen LogP contribution in [0.15, 0.2) is 24.8 Å². The molecule has 0 amide bonds. The van der Waals surface area contributed by atoms with E-state index in [1.54, 1.807) is 24.8 Å².